The molecule has 16 atom stereocenters. The highest BCUT2D eigenvalue weighted by atomic mass is 16.7. The molecule has 7 rings (SSSR count). The van der Waals surface area contributed by atoms with Crippen molar-refractivity contribution in [1.82, 2.24) is 0 Å². The van der Waals surface area contributed by atoms with Crippen LogP contribution in [-0.2, 0) is 33.3 Å². The molecule has 13 nitrogen and oxygen atoms in total. The number of ether oxygens (including phenoxy) is 5. The van der Waals surface area contributed by atoms with Crippen molar-refractivity contribution in [2.75, 3.05) is 13.2 Å². The van der Waals surface area contributed by atoms with Gasteiger partial charge in [0.1, 0.15) is 37.3 Å². The van der Waals surface area contributed by atoms with Crippen LogP contribution < -0.4 is 0 Å². The minimum Gasteiger partial charge on any atom is -0.458 e. The molecule has 264 valence electrons. The van der Waals surface area contributed by atoms with E-state index in [2.05, 4.69) is 6.92 Å². The van der Waals surface area contributed by atoms with Gasteiger partial charge in [0, 0.05) is 24.3 Å². The third-order valence-electron chi connectivity index (χ3n) is 13.6. The van der Waals surface area contributed by atoms with Crippen LogP contribution in [-0.4, -0.2) is 123 Å². The summed E-state index contributed by atoms with van der Waals surface area (Å²) in [5.74, 6) is -0.635. The van der Waals surface area contributed by atoms with Gasteiger partial charge in [0.05, 0.1) is 41.5 Å². The van der Waals surface area contributed by atoms with Crippen molar-refractivity contribution >= 4 is 12.3 Å². The number of aliphatic hydroxyl groups excluding tert-OH is 4. The van der Waals surface area contributed by atoms with Gasteiger partial charge in [-0.2, -0.15) is 0 Å². The Morgan fingerprint density at radius 3 is 2.40 bits per heavy atom. The van der Waals surface area contributed by atoms with Crippen LogP contribution in [0.4, 0.5) is 0 Å². The predicted molar refractivity (Wildman–Crippen MR) is 160 cm³/mol. The molecule has 47 heavy (non-hydrogen) atoms. The Morgan fingerprint density at radius 1 is 0.936 bits per heavy atom. The van der Waals surface area contributed by atoms with Gasteiger partial charge in [-0.3, -0.25) is 0 Å². The van der Waals surface area contributed by atoms with Crippen molar-refractivity contribution in [1.29, 1.82) is 0 Å². The smallest absolute Gasteiger partial charge is 0.331 e. The summed E-state index contributed by atoms with van der Waals surface area (Å²) in [6.07, 6.45) is -1.89. The zero-order chi connectivity index (χ0) is 33.5. The van der Waals surface area contributed by atoms with Crippen LogP contribution >= 0.6 is 0 Å². The number of fused-ring (bicyclic) bond motifs is 5. The lowest BCUT2D eigenvalue weighted by molar-refractivity contribution is -0.331. The number of hydrogen-bond donors (Lipinski definition) is 6. The van der Waals surface area contributed by atoms with Gasteiger partial charge in [0.2, 0.25) is 0 Å². The van der Waals surface area contributed by atoms with Gasteiger partial charge in [0.15, 0.2) is 12.6 Å². The second-order valence-corrected chi connectivity index (χ2v) is 15.7. The fourth-order valence-corrected chi connectivity index (χ4v) is 11.0. The third-order valence-corrected chi connectivity index (χ3v) is 13.6. The molecule has 7 aliphatic rings. The van der Waals surface area contributed by atoms with Gasteiger partial charge in [-0.15, -0.1) is 0 Å². The molecule has 2 saturated heterocycles. The Hall–Kier alpha value is -1.52. The number of aldehydes is 1. The maximum Gasteiger partial charge on any atom is 0.331 e. The van der Waals surface area contributed by atoms with E-state index in [9.17, 15) is 40.2 Å². The Bertz CT molecular complexity index is 1250. The fourth-order valence-electron chi connectivity index (χ4n) is 11.0. The molecule has 4 saturated carbocycles. The molecule has 0 bridgehead atoms. The first-order valence-electron chi connectivity index (χ1n) is 17.3. The van der Waals surface area contributed by atoms with E-state index in [1.807, 2.05) is 0 Å². The van der Waals surface area contributed by atoms with Crippen LogP contribution in [0.15, 0.2) is 11.6 Å². The molecule has 13 heteroatoms. The number of aliphatic hydroxyl groups is 6. The highest BCUT2D eigenvalue weighted by Crippen LogP contribution is 2.70. The van der Waals surface area contributed by atoms with Crippen LogP contribution in [0.25, 0.3) is 0 Å². The van der Waals surface area contributed by atoms with E-state index in [0.717, 1.165) is 18.3 Å². The minimum absolute atomic E-state index is 0.0370. The summed E-state index contributed by atoms with van der Waals surface area (Å²) in [5.41, 5.74) is -2.86. The topological polar surface area (TPSA) is 202 Å². The van der Waals surface area contributed by atoms with Gasteiger partial charge in [-0.25, -0.2) is 4.79 Å². The van der Waals surface area contributed by atoms with E-state index < -0.39 is 77.3 Å². The standard InChI is InChI=1S/C34H50O13/c1-17-29(47-30-28(40)27(39)24(37)15-44-30)23(36)12-26(45-17)46-19-3-8-32(16-35)21-4-7-31(2)20(18-11-25(38)43-14-18)6-10-34(31,42)22(21)5-9-33(32,41)13-19/h11,16-17,19-24,26-30,36-37,39-42H,3-10,12-15H2,1-2H3/t17-,19+,20-,21+,22+,23-,24-,26+,27-,28-,29+,30-,31+,32-,33-,34-/m0/s1. The summed E-state index contributed by atoms with van der Waals surface area (Å²) in [5, 5.41) is 65.7. The first kappa shape index (κ1) is 34.0. The van der Waals surface area contributed by atoms with Crippen molar-refractivity contribution in [2.45, 2.75) is 145 Å². The van der Waals surface area contributed by atoms with Gasteiger partial charge in [0.25, 0.3) is 0 Å². The van der Waals surface area contributed by atoms with Gasteiger partial charge in [-0.05, 0) is 81.6 Å². The lowest BCUT2D eigenvalue weighted by Gasteiger charge is -2.65. The summed E-state index contributed by atoms with van der Waals surface area (Å²) in [6, 6.07) is 0. The first-order chi connectivity index (χ1) is 22.2. The van der Waals surface area contributed by atoms with Crippen molar-refractivity contribution in [3.05, 3.63) is 11.6 Å². The van der Waals surface area contributed by atoms with Crippen LogP contribution in [0.1, 0.15) is 78.1 Å². The Morgan fingerprint density at radius 2 is 1.70 bits per heavy atom. The highest BCUT2D eigenvalue weighted by molar-refractivity contribution is 5.85. The molecule has 0 amide bonds. The fraction of sp³-hybridized carbons (Fsp3) is 0.882. The van der Waals surface area contributed by atoms with Crippen molar-refractivity contribution in [3.63, 3.8) is 0 Å². The summed E-state index contributed by atoms with van der Waals surface area (Å²) >= 11 is 0. The molecular formula is C34H50O13. The van der Waals surface area contributed by atoms with Crippen LogP contribution in [0.3, 0.4) is 0 Å². The van der Waals surface area contributed by atoms with E-state index in [4.69, 9.17) is 23.7 Å². The van der Waals surface area contributed by atoms with E-state index in [-0.39, 0.29) is 49.8 Å². The number of carbonyl (C=O) groups is 2. The predicted octanol–water partition coefficient (Wildman–Crippen LogP) is 0.243. The van der Waals surface area contributed by atoms with Crippen molar-refractivity contribution < 1.29 is 63.9 Å². The minimum atomic E-state index is -1.50. The van der Waals surface area contributed by atoms with E-state index in [0.29, 0.717) is 44.9 Å². The normalized spacial score (nSPS) is 54.6. The number of carbonyl (C=O) groups excluding carboxylic acids is 2. The quantitative estimate of drug-likeness (QED) is 0.128. The Labute approximate surface area is 274 Å². The summed E-state index contributed by atoms with van der Waals surface area (Å²) < 4.78 is 28.7. The maximum atomic E-state index is 13.1. The lowest BCUT2D eigenvalue weighted by atomic mass is 9.41. The molecule has 0 spiro atoms. The van der Waals surface area contributed by atoms with Crippen LogP contribution in [0.5, 0.6) is 0 Å². The average Bonchev–Trinajstić information content (AvgIpc) is 3.57. The van der Waals surface area contributed by atoms with Crippen LogP contribution in [0, 0.1) is 28.6 Å². The molecule has 0 unspecified atom stereocenters. The number of esters is 1. The average molecular weight is 667 g/mol. The molecule has 0 aromatic heterocycles. The van der Waals surface area contributed by atoms with Gasteiger partial charge in [-0.1, -0.05) is 6.92 Å². The second kappa shape index (κ2) is 12.1. The molecule has 6 fully saturated rings. The molecule has 6 N–H and O–H groups in total. The summed E-state index contributed by atoms with van der Waals surface area (Å²) in [6.45, 7) is 3.86. The molecule has 4 aliphatic carbocycles. The zero-order valence-corrected chi connectivity index (χ0v) is 27.1. The highest BCUT2D eigenvalue weighted by Gasteiger charge is 2.71. The molecule has 0 radical (unpaired) electrons. The monoisotopic (exact) mass is 666 g/mol. The SMILES string of the molecule is C[C@@H]1O[C@H](O[C@@H]2CC[C@]3(C=O)[C@@H]4CC[C@]5(C)[C@H](C6=CC(=O)OC6)CC[C@]5(O)[C@@H]4CC[C@]3(O)C2)C[C@H](O)[C@@H]1O[C@@H]1OC[C@H](O)[C@H](O)[C@@H]1O. The Kier molecular flexibility index (Phi) is 8.72. The molecule has 0 aromatic carbocycles. The third kappa shape index (κ3) is 5.18. The van der Waals surface area contributed by atoms with Gasteiger partial charge >= 0.3 is 5.97 Å². The number of rotatable bonds is 6. The largest absolute Gasteiger partial charge is 0.458 e. The molecule has 3 aliphatic heterocycles. The molecule has 0 aromatic rings. The van der Waals surface area contributed by atoms with Gasteiger partial charge < -0.3 is 59.1 Å². The zero-order valence-electron chi connectivity index (χ0n) is 27.1. The summed E-state index contributed by atoms with van der Waals surface area (Å²) in [7, 11) is 0. The first-order valence-corrected chi connectivity index (χ1v) is 17.3. The molecular weight excluding hydrogens is 616 g/mol. The van der Waals surface area contributed by atoms with Crippen molar-refractivity contribution in [3.8, 4) is 0 Å². The number of cyclic esters (lactones) is 1. The molecule has 3 heterocycles. The maximum absolute atomic E-state index is 13.1. The Balaban J connectivity index is 1.01. The van der Waals surface area contributed by atoms with E-state index in [1.165, 1.54) is 0 Å². The van der Waals surface area contributed by atoms with Crippen LogP contribution in [0.2, 0.25) is 0 Å². The second-order valence-electron chi connectivity index (χ2n) is 15.7. The van der Waals surface area contributed by atoms with Crippen molar-refractivity contribution in [2.24, 2.45) is 28.6 Å². The van der Waals surface area contributed by atoms with E-state index >= 15 is 0 Å². The lowest BCUT2D eigenvalue weighted by Crippen LogP contribution is -2.69. The van der Waals surface area contributed by atoms with E-state index in [1.54, 1.807) is 13.0 Å². The summed E-state index contributed by atoms with van der Waals surface area (Å²) in [4.78, 5) is 25.0. The number of hydrogen-bond acceptors (Lipinski definition) is 13.